The number of hydrogen-bond acceptors (Lipinski definition) is 2. The summed E-state index contributed by atoms with van der Waals surface area (Å²) in [5.74, 6) is 0. The number of aromatic nitrogens is 2. The van der Waals surface area contributed by atoms with Crippen molar-refractivity contribution in [1.29, 1.82) is 0 Å². The van der Waals surface area contributed by atoms with Crippen molar-refractivity contribution in [2.75, 3.05) is 10.9 Å². The Bertz CT molecular complexity index is 570. The second-order valence-corrected chi connectivity index (χ2v) is 5.60. The second-order valence-electron chi connectivity index (χ2n) is 4.78. The van der Waals surface area contributed by atoms with Crippen molar-refractivity contribution in [3.05, 3.63) is 47.0 Å². The molecule has 2 heterocycles. The fourth-order valence-electron chi connectivity index (χ4n) is 1.99. The van der Waals surface area contributed by atoms with E-state index in [0.29, 0.717) is 9.98 Å². The number of hydrogen-bond donors (Lipinski definition) is 2. The van der Waals surface area contributed by atoms with Gasteiger partial charge in [-0.05, 0) is 52.0 Å². The van der Waals surface area contributed by atoms with E-state index in [1.54, 1.807) is 0 Å². The maximum Gasteiger partial charge on any atom is 0.154 e. The molecular weight excluding hydrogens is 288 g/mol. The number of aryl methyl sites for hydroxylation is 4. The summed E-state index contributed by atoms with van der Waals surface area (Å²) >= 11 is 10.7. The lowest BCUT2D eigenvalue weighted by Crippen LogP contribution is -2.36. The van der Waals surface area contributed by atoms with Crippen LogP contribution in [-0.4, -0.2) is 19.3 Å². The molecule has 0 atom stereocenters. The van der Waals surface area contributed by atoms with Crippen molar-refractivity contribution in [2.24, 2.45) is 0 Å². The molecule has 0 radical (unpaired) electrons. The molecule has 0 saturated heterocycles. The summed E-state index contributed by atoms with van der Waals surface area (Å²) in [7, 11) is 0. The van der Waals surface area contributed by atoms with Gasteiger partial charge in [0.25, 0.3) is 0 Å². The Morgan fingerprint density at radius 2 is 0.950 bits per heavy atom. The van der Waals surface area contributed by atoms with Crippen LogP contribution in [0.15, 0.2) is 24.3 Å². The third-order valence-corrected chi connectivity index (χ3v) is 3.90. The van der Waals surface area contributed by atoms with E-state index in [9.17, 15) is 0 Å². The first kappa shape index (κ1) is 14.7. The van der Waals surface area contributed by atoms with Crippen molar-refractivity contribution >= 4 is 34.4 Å². The number of rotatable bonds is 2. The van der Waals surface area contributed by atoms with Gasteiger partial charge in [-0.2, -0.15) is 0 Å². The number of nitrogens with zero attached hydrogens (tertiary/aromatic N) is 2. The Morgan fingerprint density at radius 3 is 1.20 bits per heavy atom. The molecule has 0 fully saturated rings. The summed E-state index contributed by atoms with van der Waals surface area (Å²) in [4.78, 5) is 0.991. The van der Waals surface area contributed by atoms with Crippen LogP contribution in [0, 0.1) is 27.7 Å². The highest BCUT2D eigenvalue weighted by Gasteiger charge is 2.09. The minimum Gasteiger partial charge on any atom is -0.281 e. The van der Waals surface area contributed by atoms with Gasteiger partial charge in [0.15, 0.2) is 9.98 Å². The molecule has 0 aliphatic carbocycles. The molecule has 6 heteroatoms. The molecule has 2 N–H and O–H groups in total. The van der Waals surface area contributed by atoms with Crippen LogP contribution in [0.3, 0.4) is 0 Å². The Labute approximate surface area is 129 Å². The van der Waals surface area contributed by atoms with Gasteiger partial charge in [0.05, 0.1) is 0 Å². The molecule has 0 spiro atoms. The van der Waals surface area contributed by atoms with E-state index in [1.165, 1.54) is 0 Å². The normalized spacial score (nSPS) is 10.4. The standard InChI is InChI=1S/C14H18N4S2/c1-9-5-6-10(2)17(9)15-13(19)14(20)16-18-11(3)7-8-12(18)4/h5-8H,1-4H3,(H,15,19)(H,16,20). The van der Waals surface area contributed by atoms with Gasteiger partial charge in [0.1, 0.15) is 0 Å². The fraction of sp³-hybridized carbons (Fsp3) is 0.286. The van der Waals surface area contributed by atoms with Crippen LogP contribution in [-0.2, 0) is 0 Å². The Kier molecular flexibility index (Phi) is 4.25. The van der Waals surface area contributed by atoms with Gasteiger partial charge in [-0.1, -0.05) is 24.4 Å². The highest BCUT2D eigenvalue weighted by molar-refractivity contribution is 7.89. The summed E-state index contributed by atoms with van der Waals surface area (Å²) in [6.07, 6.45) is 0. The Balaban J connectivity index is 2.09. The predicted octanol–water partition coefficient (Wildman–Crippen LogP) is 2.97. The smallest absolute Gasteiger partial charge is 0.154 e. The van der Waals surface area contributed by atoms with Crippen molar-refractivity contribution in [3.8, 4) is 0 Å². The zero-order valence-corrected chi connectivity index (χ0v) is 13.7. The van der Waals surface area contributed by atoms with Crippen molar-refractivity contribution < 1.29 is 0 Å². The summed E-state index contributed by atoms with van der Waals surface area (Å²) in [5, 5.41) is 0. The van der Waals surface area contributed by atoms with Gasteiger partial charge >= 0.3 is 0 Å². The third-order valence-electron chi connectivity index (χ3n) is 3.18. The van der Waals surface area contributed by atoms with Gasteiger partial charge in [-0.25, -0.2) is 0 Å². The van der Waals surface area contributed by atoms with E-state index in [2.05, 4.69) is 10.9 Å². The number of thiocarbonyl (C=S) groups is 2. The van der Waals surface area contributed by atoms with E-state index in [4.69, 9.17) is 24.4 Å². The van der Waals surface area contributed by atoms with Gasteiger partial charge in [0.2, 0.25) is 0 Å². The largest absolute Gasteiger partial charge is 0.281 e. The predicted molar refractivity (Wildman–Crippen MR) is 91.7 cm³/mol. The molecule has 2 aromatic heterocycles. The van der Waals surface area contributed by atoms with E-state index >= 15 is 0 Å². The molecule has 2 rings (SSSR count). The van der Waals surface area contributed by atoms with E-state index in [0.717, 1.165) is 22.8 Å². The van der Waals surface area contributed by atoms with E-state index in [-0.39, 0.29) is 0 Å². The van der Waals surface area contributed by atoms with Crippen LogP contribution in [0.4, 0.5) is 0 Å². The molecule has 0 amide bonds. The molecule has 0 aromatic carbocycles. The molecule has 20 heavy (non-hydrogen) atoms. The van der Waals surface area contributed by atoms with Crippen molar-refractivity contribution in [1.82, 2.24) is 9.35 Å². The highest BCUT2D eigenvalue weighted by atomic mass is 32.1. The zero-order valence-electron chi connectivity index (χ0n) is 12.0. The zero-order chi connectivity index (χ0) is 14.9. The Morgan fingerprint density at radius 1 is 0.700 bits per heavy atom. The van der Waals surface area contributed by atoms with Crippen LogP contribution in [0.5, 0.6) is 0 Å². The molecule has 0 unspecified atom stereocenters. The minimum atomic E-state index is 0.495. The monoisotopic (exact) mass is 306 g/mol. The van der Waals surface area contributed by atoms with Crippen LogP contribution in [0.1, 0.15) is 22.8 Å². The van der Waals surface area contributed by atoms with Gasteiger partial charge in [-0.15, -0.1) is 0 Å². The van der Waals surface area contributed by atoms with Gasteiger partial charge in [0, 0.05) is 22.8 Å². The molecule has 4 nitrogen and oxygen atoms in total. The molecule has 106 valence electrons. The summed E-state index contributed by atoms with van der Waals surface area (Å²) in [6, 6.07) is 8.12. The molecule has 2 aromatic rings. The average Bonchev–Trinajstić information content (AvgIpc) is 2.88. The summed E-state index contributed by atoms with van der Waals surface area (Å²) in [6.45, 7) is 8.05. The molecule has 0 bridgehead atoms. The average molecular weight is 306 g/mol. The topological polar surface area (TPSA) is 33.9 Å². The maximum atomic E-state index is 5.35. The first-order chi connectivity index (χ1) is 9.40. The van der Waals surface area contributed by atoms with Crippen molar-refractivity contribution in [3.63, 3.8) is 0 Å². The molecule has 0 aliphatic heterocycles. The van der Waals surface area contributed by atoms with Crippen molar-refractivity contribution in [2.45, 2.75) is 27.7 Å². The molecule has 0 aliphatic rings. The van der Waals surface area contributed by atoms with Gasteiger partial charge in [-0.3, -0.25) is 20.2 Å². The maximum absolute atomic E-state index is 5.35. The highest BCUT2D eigenvalue weighted by Crippen LogP contribution is 2.06. The number of nitrogens with one attached hydrogen (secondary N) is 2. The first-order valence-corrected chi connectivity index (χ1v) is 7.14. The lowest BCUT2D eigenvalue weighted by molar-refractivity contribution is 0.892. The second kappa shape index (κ2) is 5.76. The van der Waals surface area contributed by atoms with E-state index in [1.807, 2.05) is 61.3 Å². The quantitative estimate of drug-likeness (QED) is 0.836. The minimum absolute atomic E-state index is 0.495. The SMILES string of the molecule is Cc1ccc(C)n1NC(=S)C(=S)Nn1c(C)ccc1C. The van der Waals surface area contributed by atoms with Crippen LogP contribution in [0.25, 0.3) is 0 Å². The fourth-order valence-corrected chi connectivity index (χ4v) is 2.27. The molecular formula is C14H18N4S2. The van der Waals surface area contributed by atoms with Crippen LogP contribution in [0.2, 0.25) is 0 Å². The van der Waals surface area contributed by atoms with Gasteiger partial charge < -0.3 is 0 Å². The Hall–Kier alpha value is -1.66. The first-order valence-electron chi connectivity index (χ1n) is 6.32. The van der Waals surface area contributed by atoms with Crippen LogP contribution >= 0.6 is 24.4 Å². The van der Waals surface area contributed by atoms with Crippen LogP contribution < -0.4 is 10.9 Å². The summed E-state index contributed by atoms with van der Waals surface area (Å²) < 4.78 is 3.84. The molecule has 0 saturated carbocycles. The summed E-state index contributed by atoms with van der Waals surface area (Å²) in [5.41, 5.74) is 10.6. The third kappa shape index (κ3) is 2.91. The lowest BCUT2D eigenvalue weighted by atomic mass is 10.5. The van der Waals surface area contributed by atoms with E-state index < -0.39 is 0 Å². The lowest BCUT2D eigenvalue weighted by Gasteiger charge is -2.17.